The van der Waals surface area contributed by atoms with Crippen molar-refractivity contribution in [2.45, 2.75) is 26.0 Å². The minimum atomic E-state index is 0.740. The van der Waals surface area contributed by atoms with E-state index in [0.717, 1.165) is 35.9 Å². The van der Waals surface area contributed by atoms with Gasteiger partial charge in [0.15, 0.2) is 0 Å². The number of rotatable bonds is 7. The first-order valence-corrected chi connectivity index (χ1v) is 6.16. The number of thioether (sulfide) groups is 1. The van der Waals surface area contributed by atoms with Crippen molar-refractivity contribution in [2.75, 3.05) is 24.7 Å². The Balaban J connectivity index is 3.08. The van der Waals surface area contributed by atoms with Crippen molar-refractivity contribution >= 4 is 24.4 Å². The molecule has 1 atom stereocenters. The van der Waals surface area contributed by atoms with Crippen molar-refractivity contribution < 1.29 is 4.74 Å². The van der Waals surface area contributed by atoms with E-state index in [9.17, 15) is 0 Å². The van der Waals surface area contributed by atoms with E-state index in [-0.39, 0.29) is 0 Å². The predicted octanol–water partition coefficient (Wildman–Crippen LogP) is 2.71. The van der Waals surface area contributed by atoms with Gasteiger partial charge in [-0.25, -0.2) is 0 Å². The third kappa shape index (κ3) is 7.32. The maximum absolute atomic E-state index is 5.32. The van der Waals surface area contributed by atoms with Crippen molar-refractivity contribution in [1.29, 1.82) is 0 Å². The number of hydrogen-bond donors (Lipinski definition) is 1. The molecule has 1 nitrogen and oxygen atoms in total. The molecule has 0 aliphatic heterocycles. The third-order valence-corrected chi connectivity index (χ3v) is 3.44. The van der Waals surface area contributed by atoms with E-state index < -0.39 is 0 Å². The van der Waals surface area contributed by atoms with Gasteiger partial charge in [-0.2, -0.15) is 24.4 Å². The first-order valence-electron chi connectivity index (χ1n) is 4.48. The highest BCUT2D eigenvalue weighted by Gasteiger charge is 2.05. The summed E-state index contributed by atoms with van der Waals surface area (Å²) in [4.78, 5) is 0. The monoisotopic (exact) mass is 208 g/mol. The Morgan fingerprint density at radius 1 is 1.25 bits per heavy atom. The summed E-state index contributed by atoms with van der Waals surface area (Å²) in [7, 11) is 0. The van der Waals surface area contributed by atoms with Gasteiger partial charge in [0, 0.05) is 16.8 Å². The van der Waals surface area contributed by atoms with Crippen LogP contribution in [-0.4, -0.2) is 30.0 Å². The third-order valence-electron chi connectivity index (χ3n) is 1.78. The molecular weight excluding hydrogens is 188 g/mol. The summed E-state index contributed by atoms with van der Waals surface area (Å²) in [6.45, 7) is 8.43. The van der Waals surface area contributed by atoms with Crippen LogP contribution in [0.2, 0.25) is 0 Å². The minimum absolute atomic E-state index is 0.740. The second-order valence-corrected chi connectivity index (χ2v) is 5.09. The van der Waals surface area contributed by atoms with Crippen LogP contribution >= 0.6 is 24.4 Å². The fourth-order valence-electron chi connectivity index (χ4n) is 0.652. The molecule has 0 bridgehead atoms. The average Bonchev–Trinajstić information content (AvgIpc) is 2.03. The van der Waals surface area contributed by atoms with Crippen LogP contribution in [0.1, 0.15) is 20.8 Å². The number of thiol groups is 1. The quantitative estimate of drug-likeness (QED) is 0.509. The first kappa shape index (κ1) is 12.7. The second-order valence-electron chi connectivity index (χ2n) is 3.16. The molecule has 0 radical (unpaired) electrons. The summed E-state index contributed by atoms with van der Waals surface area (Å²) >= 11 is 6.05. The summed E-state index contributed by atoms with van der Waals surface area (Å²) in [5.41, 5.74) is 0. The van der Waals surface area contributed by atoms with E-state index in [2.05, 4.69) is 33.4 Å². The van der Waals surface area contributed by atoms with Gasteiger partial charge in [0.25, 0.3) is 0 Å². The molecule has 0 heterocycles. The van der Waals surface area contributed by atoms with Gasteiger partial charge in [0.05, 0.1) is 13.2 Å². The Morgan fingerprint density at radius 2 is 1.92 bits per heavy atom. The molecule has 0 aliphatic rings. The van der Waals surface area contributed by atoms with Crippen LogP contribution in [-0.2, 0) is 4.74 Å². The Bertz CT molecular complexity index is 96.5. The molecule has 74 valence electrons. The molecule has 0 rings (SSSR count). The average molecular weight is 208 g/mol. The SMILES string of the molecule is CC(C)C(C)SCCOCCS. The predicted molar refractivity (Wildman–Crippen MR) is 61.4 cm³/mol. The molecule has 0 aliphatic carbocycles. The van der Waals surface area contributed by atoms with E-state index in [0.29, 0.717) is 0 Å². The highest BCUT2D eigenvalue weighted by molar-refractivity contribution is 7.99. The largest absolute Gasteiger partial charge is 0.380 e. The maximum Gasteiger partial charge on any atom is 0.0557 e. The zero-order valence-electron chi connectivity index (χ0n) is 8.25. The topological polar surface area (TPSA) is 9.23 Å². The minimum Gasteiger partial charge on any atom is -0.380 e. The van der Waals surface area contributed by atoms with Crippen LogP contribution in [0.3, 0.4) is 0 Å². The van der Waals surface area contributed by atoms with Crippen molar-refractivity contribution in [2.24, 2.45) is 5.92 Å². The molecule has 0 saturated heterocycles. The maximum atomic E-state index is 5.32. The summed E-state index contributed by atoms with van der Waals surface area (Å²) in [5, 5.41) is 0.740. The smallest absolute Gasteiger partial charge is 0.0557 e. The molecule has 0 fully saturated rings. The highest BCUT2D eigenvalue weighted by Crippen LogP contribution is 2.17. The van der Waals surface area contributed by atoms with Gasteiger partial charge in [-0.3, -0.25) is 0 Å². The van der Waals surface area contributed by atoms with Crippen LogP contribution in [0.25, 0.3) is 0 Å². The Hall–Kier alpha value is 0.660. The van der Waals surface area contributed by atoms with Crippen molar-refractivity contribution in [3.8, 4) is 0 Å². The fourth-order valence-corrected chi connectivity index (χ4v) is 1.75. The molecule has 0 aromatic carbocycles. The Kier molecular flexibility index (Phi) is 8.72. The van der Waals surface area contributed by atoms with Gasteiger partial charge in [-0.15, -0.1) is 0 Å². The van der Waals surface area contributed by atoms with Gasteiger partial charge in [0.1, 0.15) is 0 Å². The molecule has 0 aromatic heterocycles. The lowest BCUT2D eigenvalue weighted by atomic mass is 10.2. The van der Waals surface area contributed by atoms with E-state index in [1.165, 1.54) is 0 Å². The molecule has 3 heteroatoms. The number of ether oxygens (including phenoxy) is 1. The highest BCUT2D eigenvalue weighted by atomic mass is 32.2. The van der Waals surface area contributed by atoms with E-state index >= 15 is 0 Å². The van der Waals surface area contributed by atoms with Gasteiger partial charge in [-0.1, -0.05) is 20.8 Å². The molecule has 1 unspecified atom stereocenters. The second kappa shape index (κ2) is 8.27. The van der Waals surface area contributed by atoms with Crippen LogP contribution in [0.5, 0.6) is 0 Å². The van der Waals surface area contributed by atoms with Crippen LogP contribution in [0.15, 0.2) is 0 Å². The number of hydrogen-bond acceptors (Lipinski definition) is 3. The zero-order chi connectivity index (χ0) is 9.40. The Morgan fingerprint density at radius 3 is 2.42 bits per heavy atom. The molecule has 0 N–H and O–H groups in total. The lowest BCUT2D eigenvalue weighted by Crippen LogP contribution is -2.09. The van der Waals surface area contributed by atoms with Gasteiger partial charge in [0.2, 0.25) is 0 Å². The standard InChI is InChI=1S/C9H20OS2/c1-8(2)9(3)12-7-5-10-4-6-11/h8-9,11H,4-7H2,1-3H3. The summed E-state index contributed by atoms with van der Waals surface area (Å²) < 4.78 is 5.32. The molecular formula is C9H20OS2. The van der Waals surface area contributed by atoms with Crippen molar-refractivity contribution in [3.05, 3.63) is 0 Å². The van der Waals surface area contributed by atoms with Crippen LogP contribution in [0.4, 0.5) is 0 Å². The normalized spacial score (nSPS) is 13.8. The summed E-state index contributed by atoms with van der Waals surface area (Å²) in [6.07, 6.45) is 0. The van der Waals surface area contributed by atoms with E-state index in [4.69, 9.17) is 4.74 Å². The zero-order valence-corrected chi connectivity index (χ0v) is 9.96. The van der Waals surface area contributed by atoms with Crippen molar-refractivity contribution in [1.82, 2.24) is 0 Å². The first-order chi connectivity index (χ1) is 5.68. The van der Waals surface area contributed by atoms with Gasteiger partial charge < -0.3 is 4.74 Å². The van der Waals surface area contributed by atoms with E-state index in [1.54, 1.807) is 0 Å². The lowest BCUT2D eigenvalue weighted by molar-refractivity contribution is 0.167. The van der Waals surface area contributed by atoms with Crippen LogP contribution < -0.4 is 0 Å². The molecule has 12 heavy (non-hydrogen) atoms. The molecule has 0 amide bonds. The van der Waals surface area contributed by atoms with Crippen LogP contribution in [0, 0.1) is 5.92 Å². The van der Waals surface area contributed by atoms with E-state index in [1.807, 2.05) is 11.8 Å². The lowest BCUT2D eigenvalue weighted by Gasteiger charge is -2.14. The molecule has 0 saturated carbocycles. The summed E-state index contributed by atoms with van der Waals surface area (Å²) in [6, 6.07) is 0. The van der Waals surface area contributed by atoms with Gasteiger partial charge in [-0.05, 0) is 5.92 Å². The Labute approximate surface area is 86.1 Å². The van der Waals surface area contributed by atoms with Crippen molar-refractivity contribution in [3.63, 3.8) is 0 Å². The molecule has 0 spiro atoms. The fraction of sp³-hybridized carbons (Fsp3) is 1.00. The summed E-state index contributed by atoms with van der Waals surface area (Å²) in [5.74, 6) is 2.69. The molecule has 0 aromatic rings. The van der Waals surface area contributed by atoms with Gasteiger partial charge >= 0.3 is 0 Å².